The van der Waals surface area contributed by atoms with Crippen molar-refractivity contribution in [3.63, 3.8) is 0 Å². The number of ether oxygens (including phenoxy) is 3. The second kappa shape index (κ2) is 69.8. The topological polar surface area (TPSA) is 78.9 Å². The van der Waals surface area contributed by atoms with Crippen molar-refractivity contribution in [2.45, 2.75) is 354 Å². The van der Waals surface area contributed by atoms with Gasteiger partial charge in [0.15, 0.2) is 6.10 Å². The highest BCUT2D eigenvalue weighted by Gasteiger charge is 2.19. The fraction of sp³-hybridized carbons (Fsp3) is 0.750. The molecule has 0 aromatic heterocycles. The van der Waals surface area contributed by atoms with Crippen molar-refractivity contribution >= 4 is 17.9 Å². The average Bonchev–Trinajstić information content (AvgIpc) is 3.48. The van der Waals surface area contributed by atoms with E-state index >= 15 is 0 Å². The molecule has 0 aliphatic heterocycles. The van der Waals surface area contributed by atoms with Gasteiger partial charge in [-0.1, -0.05) is 311 Å². The highest BCUT2D eigenvalue weighted by atomic mass is 16.6. The lowest BCUT2D eigenvalue weighted by molar-refractivity contribution is -0.167. The Kier molecular flexibility index (Phi) is 66.7. The smallest absolute Gasteiger partial charge is 0.306 e. The van der Waals surface area contributed by atoms with Crippen LogP contribution in [0.1, 0.15) is 348 Å². The van der Waals surface area contributed by atoms with Crippen LogP contribution in [0, 0.1) is 0 Å². The first kappa shape index (κ1) is 78.3. The molecule has 0 amide bonds. The molecular weight excluding hydrogens is 1010 g/mol. The molecule has 0 spiro atoms. The highest BCUT2D eigenvalue weighted by Crippen LogP contribution is 2.17. The van der Waals surface area contributed by atoms with Crippen molar-refractivity contribution in [3.05, 3.63) is 97.2 Å². The van der Waals surface area contributed by atoms with Crippen LogP contribution in [0.3, 0.4) is 0 Å². The molecule has 6 heteroatoms. The fourth-order valence-electron chi connectivity index (χ4n) is 10.0. The molecular formula is C76H132O6. The summed E-state index contributed by atoms with van der Waals surface area (Å²) in [5.74, 6) is -0.954. The van der Waals surface area contributed by atoms with Crippen LogP contribution in [0.5, 0.6) is 0 Å². The molecule has 0 aromatic rings. The zero-order valence-electron chi connectivity index (χ0n) is 54.2. The molecule has 0 rings (SSSR count). The van der Waals surface area contributed by atoms with Gasteiger partial charge in [0, 0.05) is 19.3 Å². The van der Waals surface area contributed by atoms with Crippen LogP contribution in [0.25, 0.3) is 0 Å². The maximum absolute atomic E-state index is 12.9. The summed E-state index contributed by atoms with van der Waals surface area (Å²) >= 11 is 0. The van der Waals surface area contributed by atoms with Gasteiger partial charge >= 0.3 is 17.9 Å². The molecule has 472 valence electrons. The lowest BCUT2D eigenvalue weighted by atomic mass is 10.0. The normalized spacial score (nSPS) is 12.7. The van der Waals surface area contributed by atoms with E-state index in [1.54, 1.807) is 0 Å². The molecule has 0 saturated carbocycles. The molecule has 0 fully saturated rings. The van der Waals surface area contributed by atoms with Crippen molar-refractivity contribution < 1.29 is 28.6 Å². The van der Waals surface area contributed by atoms with Gasteiger partial charge in [-0.15, -0.1) is 0 Å². The maximum Gasteiger partial charge on any atom is 0.306 e. The van der Waals surface area contributed by atoms with E-state index in [0.29, 0.717) is 19.3 Å². The Hall–Kier alpha value is -3.67. The molecule has 0 aliphatic rings. The number of carbonyl (C=O) groups is 3. The first-order valence-corrected chi connectivity index (χ1v) is 35.2. The summed E-state index contributed by atoms with van der Waals surface area (Å²) in [4.78, 5) is 38.3. The summed E-state index contributed by atoms with van der Waals surface area (Å²) in [7, 11) is 0. The van der Waals surface area contributed by atoms with Crippen LogP contribution >= 0.6 is 0 Å². The van der Waals surface area contributed by atoms with Crippen molar-refractivity contribution in [2.75, 3.05) is 13.2 Å². The van der Waals surface area contributed by atoms with Gasteiger partial charge in [-0.05, 0) is 116 Å². The minimum Gasteiger partial charge on any atom is -0.462 e. The number of hydrogen-bond acceptors (Lipinski definition) is 6. The van der Waals surface area contributed by atoms with Gasteiger partial charge in [0.25, 0.3) is 0 Å². The molecule has 82 heavy (non-hydrogen) atoms. The molecule has 0 aliphatic carbocycles. The van der Waals surface area contributed by atoms with Crippen molar-refractivity contribution in [3.8, 4) is 0 Å². The van der Waals surface area contributed by atoms with E-state index in [0.717, 1.165) is 89.9 Å². The Morgan fingerprint density at radius 2 is 0.488 bits per heavy atom. The average molecular weight is 1140 g/mol. The van der Waals surface area contributed by atoms with E-state index in [9.17, 15) is 14.4 Å². The minimum absolute atomic E-state index is 0.100. The molecule has 0 bridgehead atoms. The third kappa shape index (κ3) is 67.1. The largest absolute Gasteiger partial charge is 0.462 e. The predicted octanol–water partition coefficient (Wildman–Crippen LogP) is 24.4. The van der Waals surface area contributed by atoms with Gasteiger partial charge in [0.05, 0.1) is 0 Å². The van der Waals surface area contributed by atoms with Gasteiger partial charge in [-0.25, -0.2) is 0 Å². The first-order chi connectivity index (χ1) is 40.5. The Bertz CT molecular complexity index is 1590. The fourth-order valence-corrected chi connectivity index (χ4v) is 10.0. The molecule has 1 atom stereocenters. The molecule has 0 heterocycles. The second-order valence-electron chi connectivity index (χ2n) is 23.4. The third-order valence-corrected chi connectivity index (χ3v) is 15.3. The number of esters is 3. The van der Waals surface area contributed by atoms with E-state index in [2.05, 4.69) is 118 Å². The molecule has 6 nitrogen and oxygen atoms in total. The number of hydrogen-bond donors (Lipinski definition) is 0. The zero-order valence-corrected chi connectivity index (χ0v) is 54.2. The van der Waals surface area contributed by atoms with E-state index in [1.165, 1.54) is 212 Å². The molecule has 0 aromatic carbocycles. The van der Waals surface area contributed by atoms with Crippen LogP contribution < -0.4 is 0 Å². The molecule has 0 saturated heterocycles. The van der Waals surface area contributed by atoms with Crippen LogP contribution in [0.15, 0.2) is 97.2 Å². The van der Waals surface area contributed by atoms with Gasteiger partial charge in [-0.3, -0.25) is 14.4 Å². The summed E-state index contributed by atoms with van der Waals surface area (Å²) in [6, 6.07) is 0. The lowest BCUT2D eigenvalue weighted by Gasteiger charge is -2.18. The van der Waals surface area contributed by atoms with Crippen LogP contribution in [0.4, 0.5) is 0 Å². The number of rotatable bonds is 64. The second-order valence-corrected chi connectivity index (χ2v) is 23.4. The molecule has 1 unspecified atom stereocenters. The van der Waals surface area contributed by atoms with Crippen molar-refractivity contribution in [2.24, 2.45) is 0 Å². The summed E-state index contributed by atoms with van der Waals surface area (Å²) in [5.41, 5.74) is 0. The van der Waals surface area contributed by atoms with E-state index in [4.69, 9.17) is 14.2 Å². The Labute approximate surface area is 508 Å². The number of unbranched alkanes of at least 4 members (excludes halogenated alkanes) is 37. The zero-order chi connectivity index (χ0) is 59.2. The van der Waals surface area contributed by atoms with Crippen molar-refractivity contribution in [1.29, 1.82) is 0 Å². The van der Waals surface area contributed by atoms with E-state index in [-0.39, 0.29) is 37.5 Å². The summed E-state index contributed by atoms with van der Waals surface area (Å²) in [6.07, 6.45) is 94.6. The summed E-state index contributed by atoms with van der Waals surface area (Å²) < 4.78 is 16.9. The monoisotopic (exact) mass is 1140 g/mol. The third-order valence-electron chi connectivity index (χ3n) is 15.3. The number of allylic oxidation sites excluding steroid dienone is 16. The van der Waals surface area contributed by atoms with Gasteiger partial charge in [0.1, 0.15) is 13.2 Å². The Morgan fingerprint density at radius 1 is 0.256 bits per heavy atom. The van der Waals surface area contributed by atoms with Crippen LogP contribution in [-0.4, -0.2) is 37.2 Å². The first-order valence-electron chi connectivity index (χ1n) is 35.2. The SMILES string of the molecule is CC/C=C\C/C=C\C/C=C\C/C=C\C/C=C\CCCC(=O)OC(COC(=O)CCCCCCC/C=C\CCCCCCC)COC(=O)CCCCCCCCCCCCCCCCCCCCCCC/C=C\C/C=C\CCCCCCC. The number of carbonyl (C=O) groups excluding carboxylic acids is 3. The van der Waals surface area contributed by atoms with E-state index < -0.39 is 6.10 Å². The van der Waals surface area contributed by atoms with Crippen LogP contribution in [-0.2, 0) is 28.6 Å². The predicted molar refractivity (Wildman–Crippen MR) is 357 cm³/mol. The quantitative estimate of drug-likeness (QED) is 0.0261. The van der Waals surface area contributed by atoms with Crippen molar-refractivity contribution in [1.82, 2.24) is 0 Å². The molecule has 0 radical (unpaired) electrons. The standard InChI is InChI=1S/C76H132O6/c1-4-7-10-13-16-19-22-25-28-30-31-32-33-34-35-36-37-38-39-40-41-42-43-44-45-47-48-51-54-57-60-63-66-69-75(78)81-72-73(71-80-74(77)68-65-62-59-56-53-50-27-24-21-18-15-12-9-6-3)82-76(79)70-67-64-61-58-55-52-49-46-29-26-23-20-17-14-11-8-5-2/h8,11,17,20,22,24-27,29-31,49,52,58,61,73H,4-7,9-10,12-16,18-19,21,23,28,32-48,50-51,53-57,59-60,62-72H2,1-3H3/b11-8-,20-17-,25-22-,27-24-,29-26-,31-30-,52-49-,61-58-. The van der Waals surface area contributed by atoms with Gasteiger partial charge in [-0.2, -0.15) is 0 Å². The highest BCUT2D eigenvalue weighted by molar-refractivity contribution is 5.71. The van der Waals surface area contributed by atoms with Gasteiger partial charge in [0.2, 0.25) is 0 Å². The lowest BCUT2D eigenvalue weighted by Crippen LogP contribution is -2.30. The van der Waals surface area contributed by atoms with Gasteiger partial charge < -0.3 is 14.2 Å². The maximum atomic E-state index is 12.9. The Balaban J connectivity index is 4.21. The van der Waals surface area contributed by atoms with E-state index in [1.807, 2.05) is 0 Å². The summed E-state index contributed by atoms with van der Waals surface area (Å²) in [5, 5.41) is 0. The Morgan fingerprint density at radius 3 is 0.793 bits per heavy atom. The molecule has 0 N–H and O–H groups in total. The van der Waals surface area contributed by atoms with Crippen LogP contribution in [0.2, 0.25) is 0 Å². The minimum atomic E-state index is -0.811. The summed E-state index contributed by atoms with van der Waals surface area (Å²) in [6.45, 7) is 6.49.